The van der Waals surface area contributed by atoms with E-state index in [0.29, 0.717) is 6.04 Å². The highest BCUT2D eigenvalue weighted by atomic mass is 15.2. The summed E-state index contributed by atoms with van der Waals surface area (Å²) in [6, 6.07) is 2.77. The Morgan fingerprint density at radius 1 is 1.44 bits per heavy atom. The molecule has 3 heteroatoms. The molecule has 16 heavy (non-hydrogen) atoms. The molecule has 3 atom stereocenters. The van der Waals surface area contributed by atoms with Gasteiger partial charge in [-0.1, -0.05) is 0 Å². The van der Waals surface area contributed by atoms with E-state index in [2.05, 4.69) is 23.5 Å². The zero-order valence-corrected chi connectivity index (χ0v) is 10.2. The third kappa shape index (κ3) is 1.88. The van der Waals surface area contributed by atoms with Gasteiger partial charge in [-0.3, -0.25) is 4.68 Å². The van der Waals surface area contributed by atoms with Crippen molar-refractivity contribution < 1.29 is 0 Å². The normalized spacial score (nSPS) is 33.8. The third-order valence-electron chi connectivity index (χ3n) is 4.42. The molecule has 0 radical (unpaired) electrons. The van der Waals surface area contributed by atoms with Crippen LogP contribution in [0.5, 0.6) is 0 Å². The Kier molecular flexibility index (Phi) is 2.51. The second-order valence-electron chi connectivity index (χ2n) is 5.57. The van der Waals surface area contributed by atoms with Crippen molar-refractivity contribution in [3.63, 3.8) is 0 Å². The van der Waals surface area contributed by atoms with E-state index in [1.165, 1.54) is 25.0 Å². The molecule has 3 unspecified atom stereocenters. The number of nitrogens with one attached hydrogen (secondary N) is 1. The van der Waals surface area contributed by atoms with Crippen LogP contribution in [-0.4, -0.2) is 22.9 Å². The number of fused-ring (bicyclic) bond motifs is 1. The van der Waals surface area contributed by atoms with Crippen LogP contribution in [-0.2, 0) is 13.5 Å². The van der Waals surface area contributed by atoms with Crippen molar-refractivity contribution in [2.45, 2.75) is 31.7 Å². The molecule has 1 aromatic rings. The maximum atomic E-state index is 4.48. The molecular weight excluding hydrogens is 198 g/mol. The third-order valence-corrected chi connectivity index (χ3v) is 4.42. The van der Waals surface area contributed by atoms with Crippen LogP contribution in [0.3, 0.4) is 0 Å². The number of rotatable bonds is 4. The number of aromatic nitrogens is 2. The minimum Gasteiger partial charge on any atom is -0.316 e. The molecule has 1 heterocycles. The van der Waals surface area contributed by atoms with E-state index < -0.39 is 0 Å². The van der Waals surface area contributed by atoms with Gasteiger partial charge in [0, 0.05) is 25.7 Å². The smallest absolute Gasteiger partial charge is 0.0640 e. The number of nitrogens with zero attached hydrogens (tertiary/aromatic N) is 2. The second kappa shape index (κ2) is 3.88. The molecule has 88 valence electrons. The molecule has 0 amide bonds. The van der Waals surface area contributed by atoms with Gasteiger partial charge in [-0.05, 0) is 50.1 Å². The van der Waals surface area contributed by atoms with Gasteiger partial charge in [0.25, 0.3) is 0 Å². The van der Waals surface area contributed by atoms with Gasteiger partial charge < -0.3 is 5.32 Å². The first kappa shape index (κ1) is 10.3. The van der Waals surface area contributed by atoms with Crippen LogP contribution >= 0.6 is 0 Å². The zero-order chi connectivity index (χ0) is 11.1. The largest absolute Gasteiger partial charge is 0.316 e. The van der Waals surface area contributed by atoms with Crippen LogP contribution < -0.4 is 5.32 Å². The van der Waals surface area contributed by atoms with E-state index in [1.807, 2.05) is 17.9 Å². The second-order valence-corrected chi connectivity index (χ2v) is 5.57. The van der Waals surface area contributed by atoms with Crippen LogP contribution in [0.25, 0.3) is 0 Å². The first-order valence-electron chi connectivity index (χ1n) is 6.42. The lowest BCUT2D eigenvalue weighted by molar-refractivity contribution is 0.346. The Labute approximate surface area is 97.2 Å². The Hall–Kier alpha value is -0.830. The summed E-state index contributed by atoms with van der Waals surface area (Å²) in [6.45, 7) is 0. The minimum atomic E-state index is 0.628. The van der Waals surface area contributed by atoms with Crippen LogP contribution in [0.15, 0.2) is 12.3 Å². The van der Waals surface area contributed by atoms with E-state index in [0.717, 1.165) is 24.2 Å². The van der Waals surface area contributed by atoms with Crippen LogP contribution in [0.1, 0.15) is 25.0 Å². The molecule has 2 aliphatic rings. The molecule has 0 saturated heterocycles. The summed E-state index contributed by atoms with van der Waals surface area (Å²) in [5, 5.41) is 7.97. The molecule has 0 aliphatic heterocycles. The van der Waals surface area contributed by atoms with Crippen LogP contribution in [0.4, 0.5) is 0 Å². The molecule has 1 aromatic heterocycles. The highest BCUT2D eigenvalue weighted by molar-refractivity contribution is 5.05. The summed E-state index contributed by atoms with van der Waals surface area (Å²) in [5.74, 6) is 3.03. The number of likely N-dealkylation sites (N-methyl/N-ethyl adjacent to an activating group) is 1. The molecule has 0 spiro atoms. The molecular formula is C13H21N3. The van der Waals surface area contributed by atoms with Gasteiger partial charge in [-0.2, -0.15) is 5.10 Å². The number of aryl methyl sites for hydroxylation is 1. The summed E-state index contributed by atoms with van der Waals surface area (Å²) in [5.41, 5.74) is 1.22. The fourth-order valence-corrected chi connectivity index (χ4v) is 3.39. The lowest BCUT2D eigenvalue weighted by Gasteiger charge is -2.23. The quantitative estimate of drug-likeness (QED) is 0.833. The first-order valence-corrected chi connectivity index (χ1v) is 6.42. The van der Waals surface area contributed by atoms with Crippen molar-refractivity contribution >= 4 is 0 Å². The first-order chi connectivity index (χ1) is 7.76. The van der Waals surface area contributed by atoms with Crippen LogP contribution in [0, 0.1) is 17.8 Å². The van der Waals surface area contributed by atoms with Crippen molar-refractivity contribution in [3.05, 3.63) is 18.0 Å². The molecule has 2 fully saturated rings. The Morgan fingerprint density at radius 3 is 2.75 bits per heavy atom. The highest BCUT2D eigenvalue weighted by Gasteiger charge is 2.47. The number of hydrogen-bond acceptors (Lipinski definition) is 2. The Balaban J connectivity index is 1.62. The average Bonchev–Trinajstić information content (AvgIpc) is 2.71. The highest BCUT2D eigenvalue weighted by Crippen LogP contribution is 2.55. The van der Waals surface area contributed by atoms with Crippen molar-refractivity contribution in [1.29, 1.82) is 0 Å². The van der Waals surface area contributed by atoms with Gasteiger partial charge in [0.05, 0.1) is 5.69 Å². The van der Waals surface area contributed by atoms with Gasteiger partial charge in [0.2, 0.25) is 0 Å². The van der Waals surface area contributed by atoms with E-state index in [9.17, 15) is 0 Å². The Bertz CT molecular complexity index is 361. The fraction of sp³-hybridized carbons (Fsp3) is 0.769. The maximum Gasteiger partial charge on any atom is 0.0640 e. The summed E-state index contributed by atoms with van der Waals surface area (Å²) < 4.78 is 1.90. The zero-order valence-electron chi connectivity index (χ0n) is 10.2. The van der Waals surface area contributed by atoms with E-state index in [4.69, 9.17) is 0 Å². The summed E-state index contributed by atoms with van der Waals surface area (Å²) in [4.78, 5) is 0. The van der Waals surface area contributed by atoms with Gasteiger partial charge in [-0.25, -0.2) is 0 Å². The van der Waals surface area contributed by atoms with Gasteiger partial charge in [-0.15, -0.1) is 0 Å². The van der Waals surface area contributed by atoms with Crippen molar-refractivity contribution in [1.82, 2.24) is 15.1 Å². The van der Waals surface area contributed by atoms with E-state index >= 15 is 0 Å². The molecule has 3 nitrogen and oxygen atoms in total. The number of hydrogen-bond donors (Lipinski definition) is 1. The molecule has 0 bridgehead atoms. The van der Waals surface area contributed by atoms with Gasteiger partial charge >= 0.3 is 0 Å². The Morgan fingerprint density at radius 2 is 2.19 bits per heavy atom. The lowest BCUT2D eigenvalue weighted by atomic mass is 9.91. The standard InChI is InChI=1S/C13H21N3/c1-14-13(8-12-3-4-16(2)15-12)11-6-9-5-10(9)7-11/h3-4,9-11,13-14H,5-8H2,1-2H3. The monoisotopic (exact) mass is 219 g/mol. The molecule has 0 aromatic carbocycles. The molecule has 3 rings (SSSR count). The predicted molar refractivity (Wildman–Crippen MR) is 64.1 cm³/mol. The SMILES string of the molecule is CNC(Cc1ccn(C)n1)C1CC2CC2C1. The summed E-state index contributed by atoms with van der Waals surface area (Å²) >= 11 is 0. The average molecular weight is 219 g/mol. The lowest BCUT2D eigenvalue weighted by Crippen LogP contribution is -2.35. The van der Waals surface area contributed by atoms with Crippen LogP contribution in [0.2, 0.25) is 0 Å². The van der Waals surface area contributed by atoms with E-state index in [1.54, 1.807) is 0 Å². The molecule has 2 saturated carbocycles. The predicted octanol–water partition coefficient (Wildman–Crippen LogP) is 1.60. The van der Waals surface area contributed by atoms with Gasteiger partial charge in [0.1, 0.15) is 0 Å². The minimum absolute atomic E-state index is 0.628. The van der Waals surface area contributed by atoms with Crippen molar-refractivity contribution in [2.24, 2.45) is 24.8 Å². The fourth-order valence-electron chi connectivity index (χ4n) is 3.39. The summed E-state index contributed by atoms with van der Waals surface area (Å²) in [6.07, 6.45) is 7.53. The maximum absolute atomic E-state index is 4.48. The van der Waals surface area contributed by atoms with Crippen molar-refractivity contribution in [3.8, 4) is 0 Å². The summed E-state index contributed by atoms with van der Waals surface area (Å²) in [7, 11) is 4.08. The van der Waals surface area contributed by atoms with Crippen molar-refractivity contribution in [2.75, 3.05) is 7.05 Å². The topological polar surface area (TPSA) is 29.9 Å². The van der Waals surface area contributed by atoms with Gasteiger partial charge in [0.15, 0.2) is 0 Å². The molecule has 2 aliphatic carbocycles. The molecule has 1 N–H and O–H groups in total. The van der Waals surface area contributed by atoms with E-state index in [-0.39, 0.29) is 0 Å².